The van der Waals surface area contributed by atoms with E-state index in [0.29, 0.717) is 5.75 Å². The van der Waals surface area contributed by atoms with Crippen LogP contribution in [0.15, 0.2) is 48.5 Å². The minimum absolute atomic E-state index is 0.167. The molecule has 0 spiro atoms. The molecule has 0 aromatic heterocycles. The van der Waals surface area contributed by atoms with Gasteiger partial charge in [-0.3, -0.25) is 4.79 Å². The van der Waals surface area contributed by atoms with E-state index in [4.69, 9.17) is 4.74 Å². The van der Waals surface area contributed by atoms with Crippen LogP contribution in [0.4, 0.5) is 11.4 Å². The number of rotatable bonds is 5. The molecule has 0 aliphatic heterocycles. The maximum Gasteiger partial charge on any atom is 0.265 e. The highest BCUT2D eigenvalue weighted by atomic mass is 16.5. The Kier molecular flexibility index (Phi) is 5.04. The second kappa shape index (κ2) is 6.98. The maximum atomic E-state index is 12.2. The van der Waals surface area contributed by atoms with Crippen molar-refractivity contribution in [1.29, 1.82) is 0 Å². The number of nitrogens with one attached hydrogen (secondary N) is 1. The van der Waals surface area contributed by atoms with Gasteiger partial charge in [-0.1, -0.05) is 12.1 Å². The number of anilines is 2. The standard InChI is InChI=1S/C18H22N2O2/c1-13-6-5-7-17(12-13)22-14(2)18(21)19-15-8-10-16(11-9-15)20(3)4/h5-12,14H,1-4H3,(H,19,21)/t14-/m0/s1. The lowest BCUT2D eigenvalue weighted by molar-refractivity contribution is -0.122. The van der Waals surface area contributed by atoms with Crippen LogP contribution in [0.5, 0.6) is 5.75 Å². The number of benzene rings is 2. The van der Waals surface area contributed by atoms with Gasteiger partial charge in [0.1, 0.15) is 5.75 Å². The topological polar surface area (TPSA) is 41.6 Å². The zero-order valence-electron chi connectivity index (χ0n) is 13.5. The van der Waals surface area contributed by atoms with Crippen LogP contribution >= 0.6 is 0 Å². The number of aryl methyl sites for hydroxylation is 1. The van der Waals surface area contributed by atoms with Gasteiger partial charge in [0.25, 0.3) is 5.91 Å². The molecule has 0 radical (unpaired) electrons. The van der Waals surface area contributed by atoms with E-state index in [1.807, 2.05) is 74.4 Å². The summed E-state index contributed by atoms with van der Waals surface area (Å²) in [7, 11) is 3.96. The highest BCUT2D eigenvalue weighted by Gasteiger charge is 2.15. The van der Waals surface area contributed by atoms with E-state index in [1.165, 1.54) is 0 Å². The van der Waals surface area contributed by atoms with Crippen molar-refractivity contribution in [1.82, 2.24) is 0 Å². The number of carbonyl (C=O) groups is 1. The first-order valence-corrected chi connectivity index (χ1v) is 7.27. The fourth-order valence-electron chi connectivity index (χ4n) is 2.03. The number of hydrogen-bond acceptors (Lipinski definition) is 3. The molecular formula is C18H22N2O2. The molecular weight excluding hydrogens is 276 g/mol. The van der Waals surface area contributed by atoms with Crippen LogP contribution in [-0.4, -0.2) is 26.1 Å². The monoisotopic (exact) mass is 298 g/mol. The van der Waals surface area contributed by atoms with Crippen molar-refractivity contribution in [2.45, 2.75) is 20.0 Å². The van der Waals surface area contributed by atoms with Gasteiger partial charge in [-0.2, -0.15) is 0 Å². The Morgan fingerprint density at radius 2 is 1.82 bits per heavy atom. The highest BCUT2D eigenvalue weighted by Crippen LogP contribution is 2.17. The van der Waals surface area contributed by atoms with Crippen LogP contribution in [0.3, 0.4) is 0 Å². The fourth-order valence-corrected chi connectivity index (χ4v) is 2.03. The first-order valence-electron chi connectivity index (χ1n) is 7.27. The maximum absolute atomic E-state index is 12.2. The van der Waals surface area contributed by atoms with Crippen molar-refractivity contribution in [2.24, 2.45) is 0 Å². The third-order valence-corrected chi connectivity index (χ3v) is 3.32. The minimum atomic E-state index is -0.560. The second-order valence-electron chi connectivity index (χ2n) is 5.51. The van der Waals surface area contributed by atoms with E-state index >= 15 is 0 Å². The molecule has 0 bridgehead atoms. The van der Waals surface area contributed by atoms with Crippen molar-refractivity contribution in [3.8, 4) is 5.75 Å². The Morgan fingerprint density at radius 1 is 1.14 bits per heavy atom. The molecule has 0 saturated carbocycles. The summed E-state index contributed by atoms with van der Waals surface area (Å²) in [5.41, 5.74) is 2.95. The summed E-state index contributed by atoms with van der Waals surface area (Å²) in [6, 6.07) is 15.3. The SMILES string of the molecule is Cc1cccc(O[C@@H](C)C(=O)Nc2ccc(N(C)C)cc2)c1. The normalized spacial score (nSPS) is 11.6. The average Bonchev–Trinajstić information content (AvgIpc) is 2.47. The van der Waals surface area contributed by atoms with E-state index in [0.717, 1.165) is 16.9 Å². The van der Waals surface area contributed by atoms with Crippen molar-refractivity contribution >= 4 is 17.3 Å². The van der Waals surface area contributed by atoms with Gasteiger partial charge in [-0.25, -0.2) is 0 Å². The quantitative estimate of drug-likeness (QED) is 0.919. The highest BCUT2D eigenvalue weighted by molar-refractivity contribution is 5.94. The average molecular weight is 298 g/mol. The first kappa shape index (κ1) is 15.9. The molecule has 0 fully saturated rings. The van der Waals surface area contributed by atoms with Gasteiger partial charge in [0.15, 0.2) is 6.10 Å². The Morgan fingerprint density at radius 3 is 2.41 bits per heavy atom. The number of ether oxygens (including phenoxy) is 1. The molecule has 0 unspecified atom stereocenters. The Balaban J connectivity index is 1.96. The molecule has 0 aliphatic carbocycles. The van der Waals surface area contributed by atoms with E-state index < -0.39 is 6.10 Å². The molecule has 116 valence electrons. The molecule has 1 N–H and O–H groups in total. The summed E-state index contributed by atoms with van der Waals surface area (Å²) in [5.74, 6) is 0.532. The van der Waals surface area contributed by atoms with Crippen LogP contribution in [0.1, 0.15) is 12.5 Å². The van der Waals surface area contributed by atoms with Gasteiger partial charge < -0.3 is 15.0 Å². The van der Waals surface area contributed by atoms with Crippen molar-refractivity contribution in [2.75, 3.05) is 24.3 Å². The minimum Gasteiger partial charge on any atom is -0.481 e. The van der Waals surface area contributed by atoms with E-state index in [1.54, 1.807) is 6.92 Å². The van der Waals surface area contributed by atoms with Gasteiger partial charge in [-0.05, 0) is 55.8 Å². The molecule has 22 heavy (non-hydrogen) atoms. The third-order valence-electron chi connectivity index (χ3n) is 3.32. The zero-order valence-corrected chi connectivity index (χ0v) is 13.5. The van der Waals surface area contributed by atoms with Crippen LogP contribution in [0.25, 0.3) is 0 Å². The third kappa shape index (κ3) is 4.25. The molecule has 1 amide bonds. The predicted molar refractivity (Wildman–Crippen MR) is 90.7 cm³/mol. The first-order chi connectivity index (χ1) is 10.5. The summed E-state index contributed by atoms with van der Waals surface area (Å²) in [6.45, 7) is 3.73. The van der Waals surface area contributed by atoms with Gasteiger partial charge in [-0.15, -0.1) is 0 Å². The largest absolute Gasteiger partial charge is 0.481 e. The van der Waals surface area contributed by atoms with Crippen LogP contribution in [0, 0.1) is 6.92 Å². The molecule has 2 aromatic carbocycles. The smallest absolute Gasteiger partial charge is 0.265 e. The number of carbonyl (C=O) groups excluding carboxylic acids is 1. The molecule has 0 saturated heterocycles. The van der Waals surface area contributed by atoms with Crippen LogP contribution < -0.4 is 15.0 Å². The Labute approximate surface area is 131 Å². The van der Waals surface area contributed by atoms with Gasteiger partial charge >= 0.3 is 0 Å². The summed E-state index contributed by atoms with van der Waals surface area (Å²) >= 11 is 0. The summed E-state index contributed by atoms with van der Waals surface area (Å²) in [6.07, 6.45) is -0.560. The van der Waals surface area contributed by atoms with Gasteiger partial charge in [0.05, 0.1) is 0 Å². The Bertz CT molecular complexity index is 636. The molecule has 1 atom stereocenters. The molecule has 4 heteroatoms. The van der Waals surface area contributed by atoms with Gasteiger partial charge in [0.2, 0.25) is 0 Å². The van der Waals surface area contributed by atoms with Crippen molar-refractivity contribution in [3.05, 3.63) is 54.1 Å². The van der Waals surface area contributed by atoms with E-state index in [9.17, 15) is 4.79 Å². The van der Waals surface area contributed by atoms with Crippen molar-refractivity contribution in [3.63, 3.8) is 0 Å². The molecule has 0 aliphatic rings. The number of amides is 1. The van der Waals surface area contributed by atoms with Crippen molar-refractivity contribution < 1.29 is 9.53 Å². The summed E-state index contributed by atoms with van der Waals surface area (Å²) < 4.78 is 5.67. The lowest BCUT2D eigenvalue weighted by Gasteiger charge is -2.16. The molecule has 2 rings (SSSR count). The summed E-state index contributed by atoms with van der Waals surface area (Å²) in [4.78, 5) is 14.2. The number of hydrogen-bond donors (Lipinski definition) is 1. The Hall–Kier alpha value is -2.49. The van der Waals surface area contributed by atoms with E-state index in [2.05, 4.69) is 5.32 Å². The van der Waals surface area contributed by atoms with Crippen LogP contribution in [-0.2, 0) is 4.79 Å². The van der Waals surface area contributed by atoms with Gasteiger partial charge in [0, 0.05) is 25.5 Å². The second-order valence-corrected chi connectivity index (χ2v) is 5.51. The fraction of sp³-hybridized carbons (Fsp3) is 0.278. The molecule has 2 aromatic rings. The van der Waals surface area contributed by atoms with E-state index in [-0.39, 0.29) is 5.91 Å². The van der Waals surface area contributed by atoms with Crippen LogP contribution in [0.2, 0.25) is 0 Å². The lowest BCUT2D eigenvalue weighted by atomic mass is 10.2. The number of nitrogens with zero attached hydrogens (tertiary/aromatic N) is 1. The zero-order chi connectivity index (χ0) is 16.1. The molecule has 0 heterocycles. The lowest BCUT2D eigenvalue weighted by Crippen LogP contribution is -2.30. The summed E-state index contributed by atoms with van der Waals surface area (Å²) in [5, 5.41) is 2.86. The molecule has 4 nitrogen and oxygen atoms in total. The predicted octanol–water partition coefficient (Wildman–Crippen LogP) is 3.47.